The van der Waals surface area contributed by atoms with Gasteiger partial charge in [-0.25, -0.2) is 22.0 Å². The largest absolute Gasteiger partial charge is 0.326 e. The predicted molar refractivity (Wildman–Crippen MR) is 53.7 cm³/mol. The van der Waals surface area contributed by atoms with Crippen LogP contribution in [0.5, 0.6) is 0 Å². The highest BCUT2D eigenvalue weighted by molar-refractivity contribution is 5.26. The van der Waals surface area contributed by atoms with E-state index in [4.69, 9.17) is 0 Å². The molecule has 1 rings (SSSR count). The Balaban J connectivity index is 3.35. The highest BCUT2D eigenvalue weighted by atomic mass is 19.3. The summed E-state index contributed by atoms with van der Waals surface area (Å²) in [4.78, 5) is 0. The minimum atomic E-state index is -4.70. The number of nitrogens with one attached hydrogen (secondary N) is 1. The number of hydrogen-bond acceptors (Lipinski definition) is 1. The van der Waals surface area contributed by atoms with Crippen molar-refractivity contribution in [2.24, 2.45) is 0 Å². The first-order valence-electron chi connectivity index (χ1n) is 5.25. The Kier molecular flexibility index (Phi) is 4.78. The van der Waals surface area contributed by atoms with Crippen LogP contribution in [0.25, 0.3) is 0 Å². The minimum Gasteiger partial charge on any atom is -0.305 e. The fourth-order valence-corrected chi connectivity index (χ4v) is 1.59. The van der Waals surface area contributed by atoms with Gasteiger partial charge in [0.25, 0.3) is 0 Å². The Morgan fingerprint density at radius 3 is 1.95 bits per heavy atom. The minimum absolute atomic E-state index is 0.157. The molecule has 0 saturated carbocycles. The summed E-state index contributed by atoms with van der Waals surface area (Å²) in [5.74, 6) is -9.32. The van der Waals surface area contributed by atoms with E-state index in [0.29, 0.717) is 0 Å². The molecule has 0 aromatic heterocycles. The van der Waals surface area contributed by atoms with Crippen LogP contribution in [0.2, 0.25) is 0 Å². The quantitative estimate of drug-likeness (QED) is 0.816. The molecule has 1 nitrogen and oxygen atoms in total. The van der Waals surface area contributed by atoms with Gasteiger partial charge in [-0.05, 0) is 6.54 Å². The Labute approximate surface area is 104 Å². The Morgan fingerprint density at radius 1 is 1.11 bits per heavy atom. The van der Waals surface area contributed by atoms with E-state index in [1.54, 1.807) is 0 Å². The van der Waals surface area contributed by atoms with Crippen LogP contribution in [-0.4, -0.2) is 18.9 Å². The maximum absolute atomic E-state index is 13.4. The standard InChI is InChI=1S/C11H10F7N/c1-2-19-9(11(17,18)10(15)16)8-6(13)3-5(12)4-7(8)14/h3-4,9-10,19H,2H2,1H3. The number of alkyl halides is 4. The number of hydrogen-bond donors (Lipinski definition) is 1. The lowest BCUT2D eigenvalue weighted by Crippen LogP contribution is -2.43. The van der Waals surface area contributed by atoms with E-state index in [2.05, 4.69) is 0 Å². The molecule has 0 fully saturated rings. The molecule has 0 radical (unpaired) electrons. The number of rotatable bonds is 5. The van der Waals surface area contributed by atoms with E-state index in [9.17, 15) is 30.7 Å². The van der Waals surface area contributed by atoms with Crippen LogP contribution in [0.4, 0.5) is 30.7 Å². The number of benzene rings is 1. The van der Waals surface area contributed by atoms with Crippen LogP contribution >= 0.6 is 0 Å². The highest BCUT2D eigenvalue weighted by Gasteiger charge is 2.51. The van der Waals surface area contributed by atoms with Crippen molar-refractivity contribution in [3.8, 4) is 0 Å². The van der Waals surface area contributed by atoms with Crippen molar-refractivity contribution in [3.63, 3.8) is 0 Å². The van der Waals surface area contributed by atoms with Gasteiger partial charge < -0.3 is 5.32 Å². The zero-order chi connectivity index (χ0) is 14.8. The van der Waals surface area contributed by atoms with Crippen LogP contribution in [-0.2, 0) is 0 Å². The molecule has 0 spiro atoms. The average molecular weight is 289 g/mol. The van der Waals surface area contributed by atoms with E-state index < -0.39 is 41.4 Å². The first-order valence-corrected chi connectivity index (χ1v) is 5.25. The van der Waals surface area contributed by atoms with Gasteiger partial charge in [-0.15, -0.1) is 0 Å². The zero-order valence-corrected chi connectivity index (χ0v) is 9.66. The van der Waals surface area contributed by atoms with Gasteiger partial charge in [0, 0.05) is 17.7 Å². The van der Waals surface area contributed by atoms with Gasteiger partial charge in [0.1, 0.15) is 23.5 Å². The monoisotopic (exact) mass is 289 g/mol. The van der Waals surface area contributed by atoms with E-state index >= 15 is 0 Å². The number of halogens is 7. The average Bonchev–Trinajstić information content (AvgIpc) is 2.26. The zero-order valence-electron chi connectivity index (χ0n) is 9.66. The van der Waals surface area contributed by atoms with Crippen molar-refractivity contribution in [2.45, 2.75) is 25.3 Å². The van der Waals surface area contributed by atoms with Gasteiger partial charge in [-0.3, -0.25) is 0 Å². The topological polar surface area (TPSA) is 12.0 Å². The van der Waals surface area contributed by atoms with Crippen molar-refractivity contribution in [1.29, 1.82) is 0 Å². The van der Waals surface area contributed by atoms with Crippen molar-refractivity contribution in [2.75, 3.05) is 6.54 Å². The summed E-state index contributed by atoms with van der Waals surface area (Å²) in [5.41, 5.74) is -1.31. The first-order chi connectivity index (χ1) is 8.71. The van der Waals surface area contributed by atoms with Gasteiger partial charge in [0.05, 0.1) is 0 Å². The summed E-state index contributed by atoms with van der Waals surface area (Å²) in [5, 5.41) is 1.89. The Hall–Kier alpha value is -1.31. The molecule has 0 aliphatic rings. The van der Waals surface area contributed by atoms with Crippen LogP contribution in [0.1, 0.15) is 18.5 Å². The molecular weight excluding hydrogens is 279 g/mol. The second-order valence-electron chi connectivity index (χ2n) is 3.75. The van der Waals surface area contributed by atoms with Crippen LogP contribution in [0.15, 0.2) is 12.1 Å². The highest BCUT2D eigenvalue weighted by Crippen LogP contribution is 2.38. The van der Waals surface area contributed by atoms with Gasteiger partial charge in [-0.1, -0.05) is 6.92 Å². The molecule has 19 heavy (non-hydrogen) atoms. The fourth-order valence-electron chi connectivity index (χ4n) is 1.59. The maximum atomic E-state index is 13.4. The first kappa shape index (κ1) is 15.7. The van der Waals surface area contributed by atoms with Crippen LogP contribution < -0.4 is 5.32 Å². The van der Waals surface area contributed by atoms with Crippen LogP contribution in [0, 0.1) is 17.5 Å². The normalized spacial score (nSPS) is 13.9. The van der Waals surface area contributed by atoms with Crippen molar-refractivity contribution < 1.29 is 30.7 Å². The molecule has 8 heteroatoms. The molecular formula is C11H10F7N. The summed E-state index contributed by atoms with van der Waals surface area (Å²) in [6.07, 6.45) is -4.12. The molecule has 0 bridgehead atoms. The Morgan fingerprint density at radius 2 is 1.58 bits per heavy atom. The second-order valence-corrected chi connectivity index (χ2v) is 3.75. The molecule has 1 unspecified atom stereocenters. The predicted octanol–water partition coefficient (Wildman–Crippen LogP) is 3.65. The molecule has 1 atom stereocenters. The van der Waals surface area contributed by atoms with Crippen molar-refractivity contribution >= 4 is 0 Å². The third-order valence-corrected chi connectivity index (χ3v) is 2.42. The summed E-state index contributed by atoms with van der Waals surface area (Å²) in [6.45, 7) is 1.07. The maximum Gasteiger partial charge on any atom is 0.326 e. The summed E-state index contributed by atoms with van der Waals surface area (Å²) in [6, 6.07) is -2.27. The molecule has 0 heterocycles. The molecule has 108 valence electrons. The van der Waals surface area contributed by atoms with Gasteiger partial charge in [-0.2, -0.15) is 8.78 Å². The molecule has 0 saturated heterocycles. The lowest BCUT2D eigenvalue weighted by Gasteiger charge is -2.27. The molecule has 0 aliphatic carbocycles. The van der Waals surface area contributed by atoms with E-state index in [0.717, 1.165) is 0 Å². The lowest BCUT2D eigenvalue weighted by atomic mass is 9.99. The SMILES string of the molecule is CCNC(c1c(F)cc(F)cc1F)C(F)(F)C(F)F. The summed E-state index contributed by atoms with van der Waals surface area (Å²) in [7, 11) is 0. The van der Waals surface area contributed by atoms with Gasteiger partial charge >= 0.3 is 12.3 Å². The van der Waals surface area contributed by atoms with Gasteiger partial charge in [0.15, 0.2) is 0 Å². The molecule has 1 N–H and O–H groups in total. The third kappa shape index (κ3) is 3.17. The Bertz CT molecular complexity index is 424. The van der Waals surface area contributed by atoms with E-state index in [1.807, 2.05) is 5.32 Å². The summed E-state index contributed by atoms with van der Waals surface area (Å²) >= 11 is 0. The molecule has 0 aliphatic heterocycles. The fraction of sp³-hybridized carbons (Fsp3) is 0.455. The molecule has 0 amide bonds. The van der Waals surface area contributed by atoms with E-state index in [1.165, 1.54) is 6.92 Å². The van der Waals surface area contributed by atoms with Gasteiger partial charge in [0.2, 0.25) is 0 Å². The van der Waals surface area contributed by atoms with Crippen LogP contribution in [0.3, 0.4) is 0 Å². The summed E-state index contributed by atoms with van der Waals surface area (Å²) < 4.78 is 90.7. The third-order valence-electron chi connectivity index (χ3n) is 2.42. The van der Waals surface area contributed by atoms with Crippen molar-refractivity contribution in [1.82, 2.24) is 5.32 Å². The smallest absolute Gasteiger partial charge is 0.305 e. The molecule has 1 aromatic carbocycles. The van der Waals surface area contributed by atoms with Crippen molar-refractivity contribution in [3.05, 3.63) is 35.1 Å². The van der Waals surface area contributed by atoms with E-state index in [-0.39, 0.29) is 18.7 Å². The molecule has 1 aromatic rings. The lowest BCUT2D eigenvalue weighted by molar-refractivity contribution is -0.152. The second kappa shape index (κ2) is 5.77.